The fourth-order valence-corrected chi connectivity index (χ4v) is 3.09. The van der Waals surface area contributed by atoms with E-state index in [2.05, 4.69) is 10.3 Å². The van der Waals surface area contributed by atoms with Crippen molar-refractivity contribution in [3.05, 3.63) is 70.2 Å². The van der Waals surface area contributed by atoms with Crippen LogP contribution in [0.5, 0.6) is 11.5 Å². The molecular formula is C21H20N2O5S. The van der Waals surface area contributed by atoms with Crippen LogP contribution >= 0.6 is 11.3 Å². The van der Waals surface area contributed by atoms with Crippen molar-refractivity contribution in [3.8, 4) is 11.5 Å². The van der Waals surface area contributed by atoms with Crippen molar-refractivity contribution in [2.75, 3.05) is 19.0 Å². The number of aryl methyl sites for hydroxylation is 1. The summed E-state index contributed by atoms with van der Waals surface area (Å²) >= 11 is 1.53. The largest absolute Gasteiger partial charge is 0.497 e. The molecule has 2 aromatic carbocycles. The average Bonchev–Trinajstić information content (AvgIpc) is 3.16. The van der Waals surface area contributed by atoms with Gasteiger partial charge in [0.1, 0.15) is 23.7 Å². The predicted octanol–water partition coefficient (Wildman–Crippen LogP) is 3.83. The van der Waals surface area contributed by atoms with Crippen molar-refractivity contribution in [1.29, 1.82) is 0 Å². The van der Waals surface area contributed by atoms with Crippen LogP contribution in [-0.2, 0) is 16.1 Å². The zero-order valence-corrected chi connectivity index (χ0v) is 16.8. The van der Waals surface area contributed by atoms with Gasteiger partial charge in [-0.05, 0) is 31.2 Å². The smallest absolute Gasteiger partial charge is 0.342 e. The number of para-hydroxylation sites is 1. The molecule has 8 heteroatoms. The minimum atomic E-state index is -0.643. The number of aromatic nitrogens is 1. The van der Waals surface area contributed by atoms with Gasteiger partial charge in [-0.15, -0.1) is 11.3 Å². The lowest BCUT2D eigenvalue weighted by Crippen LogP contribution is -2.21. The second-order valence-corrected chi connectivity index (χ2v) is 7.06. The fourth-order valence-electron chi connectivity index (χ4n) is 2.49. The number of nitrogens with one attached hydrogen (secondary N) is 1. The second-order valence-electron chi connectivity index (χ2n) is 6.00. The van der Waals surface area contributed by atoms with Crippen LogP contribution in [0.15, 0.2) is 53.9 Å². The number of methoxy groups -OCH3 is 1. The van der Waals surface area contributed by atoms with Crippen LogP contribution < -0.4 is 14.8 Å². The Kier molecular flexibility index (Phi) is 6.80. The number of benzene rings is 2. The third-order valence-corrected chi connectivity index (χ3v) is 4.66. The molecule has 0 bridgehead atoms. The number of hydrogen-bond acceptors (Lipinski definition) is 7. The number of esters is 1. The molecule has 0 fully saturated rings. The van der Waals surface area contributed by atoms with E-state index in [1.165, 1.54) is 18.4 Å². The first-order valence-electron chi connectivity index (χ1n) is 8.79. The topological polar surface area (TPSA) is 86.8 Å². The Hall–Kier alpha value is -3.39. The molecule has 3 rings (SSSR count). The molecule has 0 saturated carbocycles. The number of rotatable bonds is 8. The Morgan fingerprint density at radius 3 is 2.72 bits per heavy atom. The summed E-state index contributed by atoms with van der Waals surface area (Å²) in [7, 11) is 1.54. The van der Waals surface area contributed by atoms with E-state index in [1.807, 2.05) is 12.3 Å². The minimum absolute atomic E-state index is 0.241. The van der Waals surface area contributed by atoms with Crippen molar-refractivity contribution >= 4 is 28.9 Å². The van der Waals surface area contributed by atoms with E-state index in [9.17, 15) is 9.59 Å². The van der Waals surface area contributed by atoms with Crippen LogP contribution in [0.4, 0.5) is 5.69 Å². The highest BCUT2D eigenvalue weighted by molar-refractivity contribution is 7.09. The van der Waals surface area contributed by atoms with Crippen LogP contribution in [0.1, 0.15) is 21.1 Å². The van der Waals surface area contributed by atoms with Gasteiger partial charge >= 0.3 is 5.97 Å². The fraction of sp³-hybridized carbons (Fsp3) is 0.190. The van der Waals surface area contributed by atoms with Crippen molar-refractivity contribution in [2.24, 2.45) is 0 Å². The lowest BCUT2D eigenvalue weighted by molar-refractivity contribution is -0.119. The SMILES string of the molecule is COc1cccc(NC(=O)COC(=O)c2ccccc2OCc2csc(C)n2)c1. The molecule has 1 aromatic heterocycles. The van der Waals surface area contributed by atoms with Gasteiger partial charge in [0, 0.05) is 17.1 Å². The molecule has 3 aromatic rings. The van der Waals surface area contributed by atoms with Crippen molar-refractivity contribution in [1.82, 2.24) is 4.98 Å². The molecule has 1 amide bonds. The van der Waals surface area contributed by atoms with Crippen LogP contribution in [0.3, 0.4) is 0 Å². The Morgan fingerprint density at radius 1 is 1.14 bits per heavy atom. The van der Waals surface area contributed by atoms with E-state index in [4.69, 9.17) is 14.2 Å². The maximum atomic E-state index is 12.4. The van der Waals surface area contributed by atoms with Gasteiger partial charge in [0.05, 0.1) is 17.8 Å². The van der Waals surface area contributed by atoms with Crippen molar-refractivity contribution in [2.45, 2.75) is 13.5 Å². The lowest BCUT2D eigenvalue weighted by Gasteiger charge is -2.11. The Balaban J connectivity index is 1.56. The first kappa shape index (κ1) is 20.3. The summed E-state index contributed by atoms with van der Waals surface area (Å²) in [5.74, 6) is -0.115. The zero-order valence-electron chi connectivity index (χ0n) is 16.0. The Bertz CT molecular complexity index is 1000. The number of carbonyl (C=O) groups excluding carboxylic acids is 2. The van der Waals surface area contributed by atoms with Gasteiger partial charge in [-0.1, -0.05) is 18.2 Å². The molecule has 0 radical (unpaired) electrons. The van der Waals surface area contributed by atoms with Gasteiger partial charge in [-0.2, -0.15) is 0 Å². The summed E-state index contributed by atoms with van der Waals surface area (Å²) in [6.07, 6.45) is 0. The second kappa shape index (κ2) is 9.70. The van der Waals surface area contributed by atoms with Crippen molar-refractivity contribution < 1.29 is 23.8 Å². The first-order valence-corrected chi connectivity index (χ1v) is 9.67. The van der Waals surface area contributed by atoms with Gasteiger partial charge in [0.15, 0.2) is 6.61 Å². The van der Waals surface area contributed by atoms with Crippen LogP contribution in [0.25, 0.3) is 0 Å². The normalized spacial score (nSPS) is 10.3. The minimum Gasteiger partial charge on any atom is -0.497 e. The molecule has 29 heavy (non-hydrogen) atoms. The highest BCUT2D eigenvalue weighted by atomic mass is 32.1. The van der Waals surface area contributed by atoms with Gasteiger partial charge < -0.3 is 19.5 Å². The third kappa shape index (κ3) is 5.79. The molecule has 7 nitrogen and oxygen atoms in total. The van der Waals surface area contributed by atoms with E-state index in [1.54, 1.807) is 48.5 Å². The van der Waals surface area contributed by atoms with Crippen LogP contribution in [0.2, 0.25) is 0 Å². The number of hydrogen-bond donors (Lipinski definition) is 1. The number of ether oxygens (including phenoxy) is 3. The van der Waals surface area contributed by atoms with E-state index >= 15 is 0 Å². The van der Waals surface area contributed by atoms with Gasteiger partial charge in [0.2, 0.25) is 0 Å². The summed E-state index contributed by atoms with van der Waals surface area (Å²) in [5, 5.41) is 5.50. The summed E-state index contributed by atoms with van der Waals surface area (Å²) in [6.45, 7) is 1.73. The molecule has 0 atom stereocenters. The van der Waals surface area contributed by atoms with E-state index in [0.717, 1.165) is 10.7 Å². The third-order valence-electron chi connectivity index (χ3n) is 3.84. The molecule has 0 aliphatic heterocycles. The lowest BCUT2D eigenvalue weighted by atomic mass is 10.2. The summed E-state index contributed by atoms with van der Waals surface area (Å²) < 4.78 is 16.0. The Morgan fingerprint density at radius 2 is 1.97 bits per heavy atom. The molecule has 0 spiro atoms. The summed E-state index contributed by atoms with van der Waals surface area (Å²) in [6, 6.07) is 13.6. The Labute approximate surface area is 172 Å². The summed E-state index contributed by atoms with van der Waals surface area (Å²) in [4.78, 5) is 28.8. The highest BCUT2D eigenvalue weighted by Crippen LogP contribution is 2.21. The van der Waals surface area contributed by atoms with Crippen LogP contribution in [-0.4, -0.2) is 30.6 Å². The quantitative estimate of drug-likeness (QED) is 0.566. The molecule has 0 aliphatic carbocycles. The van der Waals surface area contributed by atoms with Gasteiger partial charge in [-0.3, -0.25) is 4.79 Å². The highest BCUT2D eigenvalue weighted by Gasteiger charge is 2.16. The standard InChI is InChI=1S/C21H20N2O5S/c1-14-22-16(13-29-14)11-27-19-9-4-3-8-18(19)21(25)28-12-20(24)23-15-6-5-7-17(10-15)26-2/h3-10,13H,11-12H2,1-2H3,(H,23,24). The number of thiazole rings is 1. The molecule has 1 N–H and O–H groups in total. The number of nitrogens with zero attached hydrogens (tertiary/aromatic N) is 1. The maximum absolute atomic E-state index is 12.4. The number of amides is 1. The maximum Gasteiger partial charge on any atom is 0.342 e. The van der Waals surface area contributed by atoms with Gasteiger partial charge in [0.25, 0.3) is 5.91 Å². The first-order chi connectivity index (χ1) is 14.0. The zero-order chi connectivity index (χ0) is 20.6. The molecule has 1 heterocycles. The van der Waals surface area contributed by atoms with E-state index in [0.29, 0.717) is 17.2 Å². The van der Waals surface area contributed by atoms with Gasteiger partial charge in [-0.25, -0.2) is 9.78 Å². The van der Waals surface area contributed by atoms with Crippen molar-refractivity contribution in [3.63, 3.8) is 0 Å². The van der Waals surface area contributed by atoms with E-state index in [-0.39, 0.29) is 12.2 Å². The van der Waals surface area contributed by atoms with E-state index < -0.39 is 18.5 Å². The predicted molar refractivity (Wildman–Crippen MR) is 110 cm³/mol. The van der Waals surface area contributed by atoms with Crippen LogP contribution in [0, 0.1) is 6.92 Å². The molecule has 0 aliphatic rings. The molecular weight excluding hydrogens is 392 g/mol. The summed E-state index contributed by atoms with van der Waals surface area (Å²) in [5.41, 5.74) is 1.58. The average molecular weight is 412 g/mol. The molecule has 0 unspecified atom stereocenters. The monoisotopic (exact) mass is 412 g/mol. The molecule has 0 saturated heterocycles. The number of carbonyl (C=O) groups is 2. The number of anilines is 1. The molecule has 150 valence electrons.